The molecule has 138 valence electrons. The smallest absolute Gasteiger partial charge is 0.126 e. The Labute approximate surface area is 170 Å². The number of thioether (sulfide) groups is 2. The Morgan fingerprint density at radius 3 is 1.93 bits per heavy atom. The number of hydrogen-bond donors (Lipinski definition) is 0. The van der Waals surface area contributed by atoms with E-state index < -0.39 is 0 Å². The molecule has 3 aromatic carbocycles. The van der Waals surface area contributed by atoms with Gasteiger partial charge in [-0.1, -0.05) is 66.7 Å². The lowest BCUT2D eigenvalue weighted by molar-refractivity contribution is 0.316. The Morgan fingerprint density at radius 2 is 1.33 bits per heavy atom. The maximum atomic E-state index is 6.12. The van der Waals surface area contributed by atoms with Crippen LogP contribution >= 0.6 is 23.5 Å². The molecule has 3 heteroatoms. The van der Waals surface area contributed by atoms with E-state index in [0.29, 0.717) is 11.2 Å². The summed E-state index contributed by atoms with van der Waals surface area (Å²) in [6, 6.07) is 29.4. The Hall–Kier alpha value is -2.10. The highest BCUT2D eigenvalue weighted by atomic mass is 32.2. The van der Waals surface area contributed by atoms with Crippen molar-refractivity contribution in [3.8, 4) is 5.75 Å². The van der Waals surface area contributed by atoms with Crippen molar-refractivity contribution in [3.63, 3.8) is 0 Å². The first-order valence-corrected chi connectivity index (χ1v) is 10.9. The van der Waals surface area contributed by atoms with Crippen LogP contribution in [-0.4, -0.2) is 11.2 Å². The van der Waals surface area contributed by atoms with Crippen LogP contribution in [0.4, 0.5) is 0 Å². The molecular weight excluding hydrogens is 368 g/mol. The van der Waals surface area contributed by atoms with Crippen molar-refractivity contribution in [1.82, 2.24) is 0 Å². The van der Waals surface area contributed by atoms with Crippen LogP contribution in [0.1, 0.15) is 18.9 Å². The van der Waals surface area contributed by atoms with Gasteiger partial charge in [-0.05, 0) is 37.3 Å². The minimum absolute atomic E-state index is 0.392. The van der Waals surface area contributed by atoms with Gasteiger partial charge in [-0.25, -0.2) is 0 Å². The fourth-order valence-corrected chi connectivity index (χ4v) is 5.16. The Balaban J connectivity index is 1.64. The van der Waals surface area contributed by atoms with E-state index in [2.05, 4.69) is 72.8 Å². The summed E-state index contributed by atoms with van der Waals surface area (Å²) in [4.78, 5) is 2.58. The summed E-state index contributed by atoms with van der Waals surface area (Å²) >= 11 is 3.80. The second-order valence-corrected chi connectivity index (χ2v) is 8.82. The highest BCUT2D eigenvalue weighted by Gasteiger charge is 2.13. The average molecular weight is 393 g/mol. The van der Waals surface area contributed by atoms with Gasteiger partial charge in [-0.2, -0.15) is 0 Å². The molecule has 0 saturated heterocycles. The first-order chi connectivity index (χ1) is 13.3. The van der Waals surface area contributed by atoms with E-state index in [1.54, 1.807) is 0 Å². The van der Waals surface area contributed by atoms with Gasteiger partial charge >= 0.3 is 0 Å². The molecule has 0 aliphatic heterocycles. The van der Waals surface area contributed by atoms with Gasteiger partial charge in [0.1, 0.15) is 5.75 Å². The molecule has 0 spiro atoms. The van der Waals surface area contributed by atoms with Gasteiger partial charge in [0.15, 0.2) is 0 Å². The number of rotatable bonds is 9. The molecule has 0 fully saturated rings. The molecule has 0 bridgehead atoms. The van der Waals surface area contributed by atoms with Crippen molar-refractivity contribution in [1.29, 1.82) is 0 Å². The summed E-state index contributed by atoms with van der Waals surface area (Å²) in [6.07, 6.45) is 5.09. The summed E-state index contributed by atoms with van der Waals surface area (Å²) < 4.78 is 6.51. The summed E-state index contributed by atoms with van der Waals surface area (Å²) in [5.74, 6) is 0.948. The number of benzene rings is 3. The zero-order chi connectivity index (χ0) is 18.7. The first kappa shape index (κ1) is 19.7. The Kier molecular flexibility index (Phi) is 7.94. The molecule has 3 aromatic rings. The van der Waals surface area contributed by atoms with Gasteiger partial charge in [0, 0.05) is 21.8 Å². The average Bonchev–Trinajstić information content (AvgIpc) is 2.71. The lowest BCUT2D eigenvalue weighted by Crippen LogP contribution is -2.06. The predicted molar refractivity (Wildman–Crippen MR) is 120 cm³/mol. The molecule has 3 rings (SSSR count). The van der Waals surface area contributed by atoms with Crippen LogP contribution in [0, 0.1) is 0 Å². The highest BCUT2D eigenvalue weighted by Crippen LogP contribution is 2.37. The summed E-state index contributed by atoms with van der Waals surface area (Å²) in [7, 11) is 0. The lowest BCUT2D eigenvalue weighted by atomic mass is 10.2. The molecule has 0 heterocycles. The molecule has 1 nitrogen and oxygen atoms in total. The van der Waals surface area contributed by atoms with E-state index in [-0.39, 0.29) is 0 Å². The summed E-state index contributed by atoms with van der Waals surface area (Å²) in [5, 5.41) is 0. The Bertz CT molecular complexity index is 790. The van der Waals surface area contributed by atoms with Crippen molar-refractivity contribution in [2.75, 3.05) is 6.61 Å². The third-order valence-corrected chi connectivity index (χ3v) is 6.56. The largest absolute Gasteiger partial charge is 0.493 e. The van der Waals surface area contributed by atoms with Gasteiger partial charge in [-0.15, -0.1) is 23.5 Å². The van der Waals surface area contributed by atoms with Crippen LogP contribution in [0.15, 0.2) is 101 Å². The van der Waals surface area contributed by atoms with Crippen LogP contribution in [-0.2, 0) is 0 Å². The topological polar surface area (TPSA) is 9.23 Å². The van der Waals surface area contributed by atoms with Crippen molar-refractivity contribution >= 4 is 29.6 Å². The van der Waals surface area contributed by atoms with Gasteiger partial charge in [0.05, 0.1) is 11.2 Å². The first-order valence-electron chi connectivity index (χ1n) is 9.13. The highest BCUT2D eigenvalue weighted by molar-refractivity contribution is 8.17. The van der Waals surface area contributed by atoms with E-state index in [1.165, 1.54) is 9.79 Å². The molecule has 0 aliphatic carbocycles. The van der Waals surface area contributed by atoms with E-state index in [4.69, 9.17) is 4.74 Å². The second kappa shape index (κ2) is 10.9. The second-order valence-electron chi connectivity index (χ2n) is 5.97. The number of para-hydroxylation sites is 1. The summed E-state index contributed by atoms with van der Waals surface area (Å²) in [6.45, 7) is 2.72. The molecule has 0 radical (unpaired) electrons. The zero-order valence-corrected chi connectivity index (χ0v) is 17.1. The number of hydrogen-bond acceptors (Lipinski definition) is 3. The number of ether oxygens (including phenoxy) is 1. The maximum absolute atomic E-state index is 6.12. The lowest BCUT2D eigenvalue weighted by Gasteiger charge is -2.17. The minimum atomic E-state index is 0.392. The van der Waals surface area contributed by atoms with Crippen LogP contribution in [0.3, 0.4) is 0 Å². The van der Waals surface area contributed by atoms with Crippen molar-refractivity contribution in [2.24, 2.45) is 0 Å². The molecule has 0 saturated carbocycles. The third-order valence-electron chi connectivity index (χ3n) is 3.90. The fraction of sp³-hybridized carbons (Fsp3) is 0.167. The van der Waals surface area contributed by atoms with Crippen LogP contribution in [0.2, 0.25) is 0 Å². The standard InChI is InChI=1S/C24H24OS2/c1-2-11-20-12-9-10-17-23(20)25-19-18-24(26-21-13-5-3-6-14-21)27-22-15-7-4-8-16-22/h2-17,24H,18-19H2,1H3/b11-2+. The predicted octanol–water partition coefficient (Wildman–Crippen LogP) is 7.40. The van der Waals surface area contributed by atoms with Crippen molar-refractivity contribution in [3.05, 3.63) is 96.6 Å². The molecule has 0 N–H and O–H groups in total. The van der Waals surface area contributed by atoms with Crippen molar-refractivity contribution in [2.45, 2.75) is 27.7 Å². The van der Waals surface area contributed by atoms with Crippen LogP contribution in [0.25, 0.3) is 6.08 Å². The number of allylic oxidation sites excluding steroid dienone is 1. The van der Waals surface area contributed by atoms with E-state index in [0.717, 1.165) is 17.7 Å². The normalized spacial score (nSPS) is 11.2. The van der Waals surface area contributed by atoms with Gasteiger partial charge in [-0.3, -0.25) is 0 Å². The van der Waals surface area contributed by atoms with Crippen molar-refractivity contribution < 1.29 is 4.74 Å². The molecule has 0 aliphatic rings. The Morgan fingerprint density at radius 1 is 0.778 bits per heavy atom. The van der Waals surface area contributed by atoms with E-state index >= 15 is 0 Å². The maximum Gasteiger partial charge on any atom is 0.126 e. The van der Waals surface area contributed by atoms with Crippen LogP contribution < -0.4 is 4.74 Å². The third kappa shape index (κ3) is 6.53. The minimum Gasteiger partial charge on any atom is -0.493 e. The summed E-state index contributed by atoms with van der Waals surface area (Å²) in [5.41, 5.74) is 1.13. The van der Waals surface area contributed by atoms with Gasteiger partial charge in [0.2, 0.25) is 0 Å². The molecule has 0 atom stereocenters. The SMILES string of the molecule is C/C=C/c1ccccc1OCCC(Sc1ccccc1)Sc1ccccc1. The van der Waals surface area contributed by atoms with E-state index in [9.17, 15) is 0 Å². The molecule has 0 aromatic heterocycles. The molecular formula is C24H24OS2. The monoisotopic (exact) mass is 392 g/mol. The fourth-order valence-electron chi connectivity index (χ4n) is 2.64. The van der Waals surface area contributed by atoms with Gasteiger partial charge < -0.3 is 4.74 Å². The molecule has 27 heavy (non-hydrogen) atoms. The quantitative estimate of drug-likeness (QED) is 0.277. The molecule has 0 unspecified atom stereocenters. The van der Waals surface area contributed by atoms with Crippen LogP contribution in [0.5, 0.6) is 5.75 Å². The molecule has 0 amide bonds. The van der Waals surface area contributed by atoms with E-state index in [1.807, 2.05) is 54.7 Å². The zero-order valence-electron chi connectivity index (χ0n) is 15.5. The van der Waals surface area contributed by atoms with Gasteiger partial charge in [0.25, 0.3) is 0 Å².